The zero-order chi connectivity index (χ0) is 20.8. The monoisotopic (exact) mass is 416 g/mol. The van der Waals surface area contributed by atoms with Crippen LogP contribution in [0, 0.1) is 5.82 Å². The largest absolute Gasteiger partial charge is 0.497 e. The van der Waals surface area contributed by atoms with E-state index in [2.05, 4.69) is 15.5 Å². The van der Waals surface area contributed by atoms with E-state index in [1.54, 1.807) is 48.1 Å². The standard InChI is InChI=1S/C20H21FN4O3S/c1-13(28-16-9-7-14(21)8-10-16)19-23-24-20(25(19)2)29-12-18(26)22-15-5-4-6-17(11-15)27-3/h4-11,13H,12H2,1-3H3,(H,22,26). The fourth-order valence-electron chi connectivity index (χ4n) is 2.60. The zero-order valence-electron chi connectivity index (χ0n) is 16.3. The van der Waals surface area contributed by atoms with Crippen molar-refractivity contribution in [3.8, 4) is 11.5 Å². The third-order valence-corrected chi connectivity index (χ3v) is 5.06. The summed E-state index contributed by atoms with van der Waals surface area (Å²) >= 11 is 1.27. The lowest BCUT2D eigenvalue weighted by Gasteiger charge is -2.14. The lowest BCUT2D eigenvalue weighted by Crippen LogP contribution is -2.15. The van der Waals surface area contributed by atoms with Crippen LogP contribution in [0.15, 0.2) is 53.7 Å². The van der Waals surface area contributed by atoms with Crippen LogP contribution >= 0.6 is 11.8 Å². The van der Waals surface area contributed by atoms with Gasteiger partial charge >= 0.3 is 0 Å². The number of carbonyl (C=O) groups is 1. The summed E-state index contributed by atoms with van der Waals surface area (Å²) < 4.78 is 25.7. The Hall–Kier alpha value is -3.07. The molecule has 1 amide bonds. The number of nitrogens with zero attached hydrogens (tertiary/aromatic N) is 3. The van der Waals surface area contributed by atoms with Crippen molar-refractivity contribution in [2.75, 3.05) is 18.2 Å². The van der Waals surface area contributed by atoms with E-state index in [0.29, 0.717) is 28.2 Å². The van der Waals surface area contributed by atoms with E-state index in [-0.39, 0.29) is 17.5 Å². The molecule has 1 aromatic heterocycles. The summed E-state index contributed by atoms with van der Waals surface area (Å²) in [5.74, 6) is 1.50. The van der Waals surface area contributed by atoms with Gasteiger partial charge in [0.1, 0.15) is 17.3 Å². The number of ether oxygens (including phenoxy) is 2. The molecule has 0 aliphatic carbocycles. The highest BCUT2D eigenvalue weighted by molar-refractivity contribution is 7.99. The predicted octanol–water partition coefficient (Wildman–Crippen LogP) is 3.83. The number of hydrogen-bond donors (Lipinski definition) is 1. The van der Waals surface area contributed by atoms with Gasteiger partial charge < -0.3 is 19.4 Å². The Morgan fingerprint density at radius 3 is 2.69 bits per heavy atom. The summed E-state index contributed by atoms with van der Waals surface area (Å²) in [5, 5.41) is 11.7. The van der Waals surface area contributed by atoms with Crippen molar-refractivity contribution in [3.05, 3.63) is 60.2 Å². The smallest absolute Gasteiger partial charge is 0.234 e. The van der Waals surface area contributed by atoms with Crippen molar-refractivity contribution >= 4 is 23.4 Å². The Kier molecular flexibility index (Phi) is 6.71. The predicted molar refractivity (Wildman–Crippen MR) is 109 cm³/mol. The molecule has 1 atom stereocenters. The van der Waals surface area contributed by atoms with E-state index in [1.165, 1.54) is 23.9 Å². The Balaban J connectivity index is 1.57. The molecule has 0 aliphatic heterocycles. The third kappa shape index (κ3) is 5.47. The fourth-order valence-corrected chi connectivity index (χ4v) is 3.32. The van der Waals surface area contributed by atoms with Crippen LogP contribution in [-0.4, -0.2) is 33.5 Å². The lowest BCUT2D eigenvalue weighted by atomic mass is 10.3. The van der Waals surface area contributed by atoms with Gasteiger partial charge in [-0.25, -0.2) is 4.39 Å². The first kappa shape index (κ1) is 20.7. The quantitative estimate of drug-likeness (QED) is 0.562. The first-order chi connectivity index (χ1) is 14.0. The summed E-state index contributed by atoms with van der Waals surface area (Å²) in [4.78, 5) is 12.2. The highest BCUT2D eigenvalue weighted by atomic mass is 32.2. The number of carbonyl (C=O) groups excluding carboxylic acids is 1. The fraction of sp³-hybridized carbons (Fsp3) is 0.250. The molecule has 9 heteroatoms. The van der Waals surface area contributed by atoms with Gasteiger partial charge in [-0.05, 0) is 43.3 Å². The molecule has 152 valence electrons. The van der Waals surface area contributed by atoms with Crippen molar-refractivity contribution in [1.29, 1.82) is 0 Å². The van der Waals surface area contributed by atoms with Crippen molar-refractivity contribution in [1.82, 2.24) is 14.8 Å². The van der Waals surface area contributed by atoms with Crippen molar-refractivity contribution in [3.63, 3.8) is 0 Å². The molecule has 29 heavy (non-hydrogen) atoms. The molecule has 0 aliphatic rings. The third-order valence-electron chi connectivity index (χ3n) is 4.04. The van der Waals surface area contributed by atoms with E-state index < -0.39 is 6.10 Å². The van der Waals surface area contributed by atoms with Crippen molar-refractivity contribution < 1.29 is 18.7 Å². The first-order valence-corrected chi connectivity index (χ1v) is 9.83. The Morgan fingerprint density at radius 2 is 1.97 bits per heavy atom. The number of amides is 1. The molecule has 2 aromatic carbocycles. The minimum absolute atomic E-state index is 0.164. The molecule has 0 fully saturated rings. The minimum atomic E-state index is -0.391. The SMILES string of the molecule is COc1cccc(NC(=O)CSc2nnc(C(C)Oc3ccc(F)cc3)n2C)c1. The van der Waals surface area contributed by atoms with Gasteiger partial charge in [0.05, 0.1) is 12.9 Å². The second-order valence-corrected chi connectivity index (χ2v) is 7.13. The number of methoxy groups -OCH3 is 1. The molecule has 1 N–H and O–H groups in total. The molecule has 3 aromatic rings. The van der Waals surface area contributed by atoms with Crippen LogP contribution in [0.25, 0.3) is 0 Å². The Morgan fingerprint density at radius 1 is 1.21 bits per heavy atom. The lowest BCUT2D eigenvalue weighted by molar-refractivity contribution is -0.113. The van der Waals surface area contributed by atoms with Crippen LogP contribution < -0.4 is 14.8 Å². The number of aromatic nitrogens is 3. The maximum absolute atomic E-state index is 13.0. The minimum Gasteiger partial charge on any atom is -0.497 e. The molecule has 1 unspecified atom stereocenters. The molecule has 0 bridgehead atoms. The highest BCUT2D eigenvalue weighted by Gasteiger charge is 2.18. The topological polar surface area (TPSA) is 78.3 Å². The summed E-state index contributed by atoms with van der Waals surface area (Å²) in [6, 6.07) is 12.9. The van der Waals surface area contributed by atoms with Gasteiger partial charge in [-0.15, -0.1) is 10.2 Å². The highest BCUT2D eigenvalue weighted by Crippen LogP contribution is 2.24. The summed E-state index contributed by atoms with van der Waals surface area (Å²) in [5.41, 5.74) is 0.662. The van der Waals surface area contributed by atoms with E-state index in [0.717, 1.165) is 0 Å². The number of benzene rings is 2. The second-order valence-electron chi connectivity index (χ2n) is 6.18. The average Bonchev–Trinajstić information content (AvgIpc) is 3.09. The van der Waals surface area contributed by atoms with Gasteiger partial charge in [0.15, 0.2) is 17.1 Å². The molecule has 0 saturated heterocycles. The summed E-state index contributed by atoms with van der Waals surface area (Å²) in [7, 11) is 3.38. The number of anilines is 1. The normalized spacial score (nSPS) is 11.7. The van der Waals surface area contributed by atoms with Crippen LogP contribution in [0.4, 0.5) is 10.1 Å². The molecule has 7 nitrogen and oxygen atoms in total. The molecule has 0 spiro atoms. The molecule has 1 heterocycles. The molecule has 3 rings (SSSR count). The maximum Gasteiger partial charge on any atom is 0.234 e. The number of nitrogens with one attached hydrogen (secondary N) is 1. The Bertz CT molecular complexity index is 978. The number of halogens is 1. The van der Waals surface area contributed by atoms with Gasteiger partial charge in [0, 0.05) is 18.8 Å². The van der Waals surface area contributed by atoms with Gasteiger partial charge in [-0.2, -0.15) is 0 Å². The van der Waals surface area contributed by atoms with Gasteiger partial charge in [-0.1, -0.05) is 17.8 Å². The van der Waals surface area contributed by atoms with Crippen LogP contribution in [0.1, 0.15) is 18.9 Å². The number of thioether (sulfide) groups is 1. The van der Waals surface area contributed by atoms with E-state index in [4.69, 9.17) is 9.47 Å². The van der Waals surface area contributed by atoms with Crippen molar-refractivity contribution in [2.24, 2.45) is 7.05 Å². The average molecular weight is 416 g/mol. The number of hydrogen-bond acceptors (Lipinski definition) is 6. The van der Waals surface area contributed by atoms with Crippen LogP contribution in [-0.2, 0) is 11.8 Å². The molecule has 0 radical (unpaired) electrons. The zero-order valence-corrected chi connectivity index (χ0v) is 17.1. The van der Waals surface area contributed by atoms with Gasteiger partial charge in [0.2, 0.25) is 5.91 Å². The summed E-state index contributed by atoms with van der Waals surface area (Å²) in [6.07, 6.45) is -0.391. The van der Waals surface area contributed by atoms with E-state index in [1.807, 2.05) is 14.0 Å². The van der Waals surface area contributed by atoms with Gasteiger partial charge in [-0.3, -0.25) is 4.79 Å². The number of rotatable bonds is 8. The molecular formula is C20H21FN4O3S. The molecule has 0 saturated carbocycles. The first-order valence-electron chi connectivity index (χ1n) is 8.84. The Labute approximate surface area is 172 Å². The maximum atomic E-state index is 13.0. The molecular weight excluding hydrogens is 395 g/mol. The summed E-state index contributed by atoms with van der Waals surface area (Å²) in [6.45, 7) is 1.83. The van der Waals surface area contributed by atoms with Crippen LogP contribution in [0.3, 0.4) is 0 Å². The van der Waals surface area contributed by atoms with Gasteiger partial charge in [0.25, 0.3) is 0 Å². The van der Waals surface area contributed by atoms with Crippen LogP contribution in [0.2, 0.25) is 0 Å². The van der Waals surface area contributed by atoms with Crippen molar-refractivity contribution in [2.45, 2.75) is 18.2 Å². The van der Waals surface area contributed by atoms with Crippen LogP contribution in [0.5, 0.6) is 11.5 Å². The van der Waals surface area contributed by atoms with E-state index >= 15 is 0 Å². The second kappa shape index (κ2) is 9.42. The van der Waals surface area contributed by atoms with E-state index in [9.17, 15) is 9.18 Å².